The molecule has 1 saturated carbocycles. The number of benzene rings is 1. The molecule has 1 N–H and O–H groups in total. The van der Waals surface area contributed by atoms with E-state index in [1.165, 1.54) is 19.3 Å². The first-order chi connectivity index (χ1) is 12.1. The molecule has 25 heavy (non-hydrogen) atoms. The van der Waals surface area contributed by atoms with Crippen molar-refractivity contribution in [2.75, 3.05) is 6.61 Å². The Morgan fingerprint density at radius 3 is 2.68 bits per heavy atom. The highest BCUT2D eigenvalue weighted by atomic mass is 35.5. The van der Waals surface area contributed by atoms with Gasteiger partial charge in [-0.3, -0.25) is 4.79 Å². The Balaban J connectivity index is 1.79. The second-order valence-electron chi connectivity index (χ2n) is 6.97. The third kappa shape index (κ3) is 4.24. The fraction of sp³-hybridized carbons (Fsp3) is 0.500. The molecular weight excluding hydrogens is 338 g/mol. The lowest BCUT2D eigenvalue weighted by Gasteiger charge is -2.28. The minimum atomic E-state index is -0.360. The molecule has 1 aromatic carbocycles. The molecule has 5 heteroatoms. The van der Waals surface area contributed by atoms with Gasteiger partial charge in [0.25, 0.3) is 0 Å². The van der Waals surface area contributed by atoms with Crippen molar-refractivity contribution < 1.29 is 14.3 Å². The summed E-state index contributed by atoms with van der Waals surface area (Å²) >= 11 is 6.32. The predicted octanol–water partition coefficient (Wildman–Crippen LogP) is 4.34. The van der Waals surface area contributed by atoms with Gasteiger partial charge in [-0.25, -0.2) is 4.79 Å². The molecule has 2 aliphatic rings. The number of hydrogen-bond acceptors (Lipinski definition) is 3. The van der Waals surface area contributed by atoms with E-state index in [4.69, 9.17) is 16.3 Å². The highest BCUT2D eigenvalue weighted by Gasteiger charge is 2.34. The predicted molar refractivity (Wildman–Crippen MR) is 97.2 cm³/mol. The third-order valence-corrected chi connectivity index (χ3v) is 5.49. The summed E-state index contributed by atoms with van der Waals surface area (Å²) in [5.74, 6) is -0.351. The van der Waals surface area contributed by atoms with E-state index in [-0.39, 0.29) is 24.2 Å². The van der Waals surface area contributed by atoms with Crippen LogP contribution in [-0.4, -0.2) is 18.5 Å². The van der Waals surface area contributed by atoms with Gasteiger partial charge in [0, 0.05) is 23.1 Å². The number of allylic oxidation sites excluding steroid dienone is 1. The fourth-order valence-electron chi connectivity index (χ4n) is 3.82. The van der Waals surface area contributed by atoms with Crippen LogP contribution in [0.5, 0.6) is 0 Å². The van der Waals surface area contributed by atoms with Crippen LogP contribution >= 0.6 is 11.6 Å². The molecule has 4 nitrogen and oxygen atoms in total. The summed E-state index contributed by atoms with van der Waals surface area (Å²) in [6, 6.07) is 7.36. The van der Waals surface area contributed by atoms with Gasteiger partial charge in [0.1, 0.15) is 0 Å². The maximum Gasteiger partial charge on any atom is 0.336 e. The van der Waals surface area contributed by atoms with Gasteiger partial charge in [0.05, 0.1) is 12.2 Å². The lowest BCUT2D eigenvalue weighted by Crippen LogP contribution is -2.34. The summed E-state index contributed by atoms with van der Waals surface area (Å²) in [5.41, 5.74) is 1.88. The first kappa shape index (κ1) is 18.0. The monoisotopic (exact) mass is 361 g/mol. The standard InChI is InChI=1S/C20H24ClNO3/c1-13-19(20(24)25-12-14-7-3-2-4-8-14)16(11-18(23)22-13)15-9-5-6-10-17(15)21/h5-6,9-10,14,16H,2-4,7-8,11-12H2,1H3,(H,22,23). The first-order valence-electron chi connectivity index (χ1n) is 8.98. The van der Waals surface area contributed by atoms with Gasteiger partial charge >= 0.3 is 5.97 Å². The highest BCUT2D eigenvalue weighted by Crippen LogP contribution is 2.37. The van der Waals surface area contributed by atoms with Gasteiger partial charge in [0.15, 0.2) is 0 Å². The zero-order valence-corrected chi connectivity index (χ0v) is 15.3. The Morgan fingerprint density at radius 2 is 1.96 bits per heavy atom. The van der Waals surface area contributed by atoms with Gasteiger partial charge in [-0.2, -0.15) is 0 Å². The van der Waals surface area contributed by atoms with Crippen molar-refractivity contribution in [3.05, 3.63) is 46.1 Å². The van der Waals surface area contributed by atoms with Crippen LogP contribution in [0.1, 0.15) is 56.9 Å². The molecular formula is C20H24ClNO3. The van der Waals surface area contributed by atoms with E-state index in [0.29, 0.717) is 28.8 Å². The smallest absolute Gasteiger partial charge is 0.336 e. The Hall–Kier alpha value is -1.81. The Labute approximate surface area is 153 Å². The van der Waals surface area contributed by atoms with Gasteiger partial charge in [-0.1, -0.05) is 49.1 Å². The average Bonchev–Trinajstić information content (AvgIpc) is 2.60. The van der Waals surface area contributed by atoms with Crippen molar-refractivity contribution in [1.82, 2.24) is 5.32 Å². The molecule has 1 unspecified atom stereocenters. The van der Waals surface area contributed by atoms with Crippen molar-refractivity contribution in [1.29, 1.82) is 0 Å². The lowest BCUT2D eigenvalue weighted by molar-refractivity contribution is -0.141. The van der Waals surface area contributed by atoms with Gasteiger partial charge < -0.3 is 10.1 Å². The van der Waals surface area contributed by atoms with E-state index in [0.717, 1.165) is 18.4 Å². The van der Waals surface area contributed by atoms with E-state index < -0.39 is 0 Å². The van der Waals surface area contributed by atoms with Gasteiger partial charge in [-0.15, -0.1) is 0 Å². The van der Waals surface area contributed by atoms with Crippen LogP contribution in [0.4, 0.5) is 0 Å². The summed E-state index contributed by atoms with van der Waals surface area (Å²) in [5, 5.41) is 3.33. The number of carbonyl (C=O) groups excluding carboxylic acids is 2. The van der Waals surface area contributed by atoms with Gasteiger partial charge in [0.2, 0.25) is 5.91 Å². The molecule has 1 aromatic rings. The Kier molecular flexibility index (Phi) is 5.79. The summed E-state index contributed by atoms with van der Waals surface area (Å²) in [4.78, 5) is 24.8. The van der Waals surface area contributed by atoms with Crippen molar-refractivity contribution in [3.8, 4) is 0 Å². The van der Waals surface area contributed by atoms with Crippen LogP contribution in [0.2, 0.25) is 5.02 Å². The van der Waals surface area contributed by atoms with Crippen molar-refractivity contribution in [3.63, 3.8) is 0 Å². The van der Waals surface area contributed by atoms with Gasteiger partial charge in [-0.05, 0) is 37.3 Å². The second kappa shape index (κ2) is 8.05. The summed E-state index contributed by atoms with van der Waals surface area (Å²) in [7, 11) is 0. The molecule has 0 radical (unpaired) electrons. The average molecular weight is 362 g/mol. The molecule has 1 heterocycles. The zero-order chi connectivity index (χ0) is 17.8. The first-order valence-corrected chi connectivity index (χ1v) is 9.36. The molecule has 1 aliphatic heterocycles. The number of hydrogen-bond donors (Lipinski definition) is 1. The van der Waals surface area contributed by atoms with Crippen molar-refractivity contribution in [2.45, 2.75) is 51.4 Å². The maximum absolute atomic E-state index is 12.8. The summed E-state index contributed by atoms with van der Waals surface area (Å²) in [6.07, 6.45) is 6.14. The molecule has 1 amide bonds. The molecule has 134 valence electrons. The molecule has 1 fully saturated rings. The van der Waals surface area contributed by atoms with Crippen LogP contribution < -0.4 is 5.32 Å². The van der Waals surface area contributed by atoms with E-state index in [9.17, 15) is 9.59 Å². The minimum Gasteiger partial charge on any atom is -0.462 e. The Morgan fingerprint density at radius 1 is 1.24 bits per heavy atom. The molecule has 0 spiro atoms. The number of amides is 1. The van der Waals surface area contributed by atoms with Crippen LogP contribution in [0.25, 0.3) is 0 Å². The molecule has 1 atom stereocenters. The molecule has 0 aromatic heterocycles. The van der Waals surface area contributed by atoms with E-state index >= 15 is 0 Å². The van der Waals surface area contributed by atoms with Crippen LogP contribution in [0.15, 0.2) is 35.5 Å². The normalized spacial score (nSPS) is 21.8. The quantitative estimate of drug-likeness (QED) is 0.811. The second-order valence-corrected chi connectivity index (χ2v) is 7.37. The van der Waals surface area contributed by atoms with Crippen LogP contribution in [-0.2, 0) is 14.3 Å². The summed E-state index contributed by atoms with van der Waals surface area (Å²) in [6.45, 7) is 2.21. The Bertz CT molecular complexity index is 692. The molecule has 3 rings (SSSR count). The largest absolute Gasteiger partial charge is 0.462 e. The van der Waals surface area contributed by atoms with E-state index in [2.05, 4.69) is 5.32 Å². The number of esters is 1. The van der Waals surface area contributed by atoms with Crippen LogP contribution in [0.3, 0.4) is 0 Å². The van der Waals surface area contributed by atoms with E-state index in [1.54, 1.807) is 13.0 Å². The maximum atomic E-state index is 12.8. The van der Waals surface area contributed by atoms with Crippen LogP contribution in [0, 0.1) is 5.92 Å². The number of carbonyl (C=O) groups is 2. The van der Waals surface area contributed by atoms with Crippen molar-refractivity contribution in [2.24, 2.45) is 5.92 Å². The number of nitrogens with one attached hydrogen (secondary N) is 1. The third-order valence-electron chi connectivity index (χ3n) is 5.14. The minimum absolute atomic E-state index is 0.105. The highest BCUT2D eigenvalue weighted by molar-refractivity contribution is 6.31. The van der Waals surface area contributed by atoms with Crippen molar-refractivity contribution >= 4 is 23.5 Å². The molecule has 0 bridgehead atoms. The lowest BCUT2D eigenvalue weighted by atomic mass is 9.84. The topological polar surface area (TPSA) is 55.4 Å². The SMILES string of the molecule is CC1=C(C(=O)OCC2CCCCC2)C(c2ccccc2Cl)CC(=O)N1. The molecule has 0 saturated heterocycles. The number of ether oxygens (including phenoxy) is 1. The number of halogens is 1. The zero-order valence-electron chi connectivity index (χ0n) is 14.5. The molecule has 1 aliphatic carbocycles. The number of rotatable bonds is 4. The van der Waals surface area contributed by atoms with E-state index in [1.807, 2.05) is 18.2 Å². The fourth-order valence-corrected chi connectivity index (χ4v) is 4.09. The summed E-state index contributed by atoms with van der Waals surface area (Å²) < 4.78 is 5.63.